The summed E-state index contributed by atoms with van der Waals surface area (Å²) in [6, 6.07) is 10.2. The fourth-order valence-corrected chi connectivity index (χ4v) is 4.28. The molecule has 0 radical (unpaired) electrons. The lowest BCUT2D eigenvalue weighted by atomic mass is 9.88. The number of carbonyl (C=O) groups excluding carboxylic acids is 1. The standard InChI is InChI=1S/C19H17F4NO3S/c20-15-7-5-13(6-8-15)18(25)14-9-11-24(12-10-14)16-3-1-2-4-17(16)28(26,27)19(21,22)23/h1-8,14H,9-12H2. The summed E-state index contributed by atoms with van der Waals surface area (Å²) in [5.74, 6) is -0.960. The van der Waals surface area contributed by atoms with Gasteiger partial charge in [-0.15, -0.1) is 0 Å². The van der Waals surface area contributed by atoms with Crippen LogP contribution in [0.5, 0.6) is 0 Å². The normalized spacial score (nSPS) is 16.2. The van der Waals surface area contributed by atoms with E-state index >= 15 is 0 Å². The summed E-state index contributed by atoms with van der Waals surface area (Å²) in [5, 5.41) is 0. The first-order valence-electron chi connectivity index (χ1n) is 8.56. The molecule has 0 N–H and O–H groups in total. The van der Waals surface area contributed by atoms with Crippen molar-refractivity contribution >= 4 is 21.3 Å². The molecule has 0 atom stereocenters. The molecule has 0 unspecified atom stereocenters. The molecule has 0 amide bonds. The number of anilines is 1. The van der Waals surface area contributed by atoms with Gasteiger partial charge in [0.1, 0.15) is 5.82 Å². The molecule has 4 nitrogen and oxygen atoms in total. The number of nitrogens with zero attached hydrogens (tertiary/aromatic N) is 1. The maximum atomic E-state index is 13.0. The molecular formula is C19H17F4NO3S. The zero-order valence-corrected chi connectivity index (χ0v) is 15.4. The Hall–Kier alpha value is -2.42. The second kappa shape index (κ2) is 7.54. The molecule has 2 aromatic carbocycles. The Balaban J connectivity index is 1.78. The average Bonchev–Trinajstić information content (AvgIpc) is 2.67. The summed E-state index contributed by atoms with van der Waals surface area (Å²) in [6.45, 7) is 0.476. The van der Waals surface area contributed by atoms with E-state index < -0.39 is 26.1 Å². The van der Waals surface area contributed by atoms with Crippen molar-refractivity contribution in [3.63, 3.8) is 0 Å². The minimum Gasteiger partial charge on any atom is -0.370 e. The topological polar surface area (TPSA) is 54.5 Å². The van der Waals surface area contributed by atoms with Crippen LogP contribution < -0.4 is 4.90 Å². The predicted molar refractivity (Wildman–Crippen MR) is 95.4 cm³/mol. The van der Waals surface area contributed by atoms with E-state index in [0.29, 0.717) is 18.4 Å². The van der Waals surface area contributed by atoms with E-state index in [1.165, 1.54) is 42.5 Å². The number of Topliss-reactive ketones (excluding diaryl/α,β-unsaturated/α-hetero) is 1. The lowest BCUT2D eigenvalue weighted by Crippen LogP contribution is -2.37. The number of benzene rings is 2. The summed E-state index contributed by atoms with van der Waals surface area (Å²) < 4.78 is 75.7. The Labute approximate surface area is 159 Å². The quantitative estimate of drug-likeness (QED) is 0.554. The predicted octanol–water partition coefficient (Wildman–Crippen LogP) is 4.22. The van der Waals surface area contributed by atoms with Gasteiger partial charge in [-0.1, -0.05) is 12.1 Å². The molecule has 1 aliphatic rings. The molecule has 1 saturated heterocycles. The van der Waals surface area contributed by atoms with Crippen molar-refractivity contribution in [3.05, 3.63) is 59.9 Å². The van der Waals surface area contributed by atoms with E-state index in [-0.39, 0.29) is 30.5 Å². The lowest BCUT2D eigenvalue weighted by Gasteiger charge is -2.34. The zero-order valence-electron chi connectivity index (χ0n) is 14.6. The van der Waals surface area contributed by atoms with E-state index in [9.17, 15) is 30.8 Å². The van der Waals surface area contributed by atoms with Crippen LogP contribution in [0.3, 0.4) is 0 Å². The monoisotopic (exact) mass is 415 g/mol. The molecule has 0 bridgehead atoms. The molecule has 28 heavy (non-hydrogen) atoms. The smallest absolute Gasteiger partial charge is 0.370 e. The van der Waals surface area contributed by atoms with Crippen LogP contribution in [-0.2, 0) is 9.84 Å². The lowest BCUT2D eigenvalue weighted by molar-refractivity contribution is -0.0435. The van der Waals surface area contributed by atoms with Crippen LogP contribution in [0.4, 0.5) is 23.2 Å². The van der Waals surface area contributed by atoms with Gasteiger partial charge in [-0.3, -0.25) is 4.79 Å². The van der Waals surface area contributed by atoms with Crippen LogP contribution in [0.15, 0.2) is 53.4 Å². The fourth-order valence-electron chi connectivity index (χ4n) is 3.30. The molecule has 1 fully saturated rings. The Kier molecular flexibility index (Phi) is 5.47. The molecule has 1 heterocycles. The summed E-state index contributed by atoms with van der Waals surface area (Å²) in [6.07, 6.45) is 0.715. The van der Waals surface area contributed by atoms with Crippen LogP contribution in [0, 0.1) is 11.7 Å². The molecule has 0 aromatic heterocycles. The van der Waals surface area contributed by atoms with Gasteiger partial charge in [0, 0.05) is 24.6 Å². The van der Waals surface area contributed by atoms with Crippen molar-refractivity contribution < 1.29 is 30.8 Å². The number of sulfone groups is 1. The number of halogens is 4. The highest BCUT2D eigenvalue weighted by Gasteiger charge is 2.48. The molecule has 0 spiro atoms. The van der Waals surface area contributed by atoms with Crippen LogP contribution in [0.2, 0.25) is 0 Å². The van der Waals surface area contributed by atoms with E-state index in [0.717, 1.165) is 6.07 Å². The summed E-state index contributed by atoms with van der Waals surface area (Å²) in [7, 11) is -5.48. The van der Waals surface area contributed by atoms with Gasteiger partial charge >= 0.3 is 5.51 Å². The Morgan fingerprint density at radius 3 is 2.11 bits per heavy atom. The van der Waals surface area contributed by atoms with Crippen LogP contribution in [0.1, 0.15) is 23.2 Å². The zero-order chi connectivity index (χ0) is 20.5. The van der Waals surface area contributed by atoms with Crippen molar-refractivity contribution in [1.29, 1.82) is 0 Å². The number of ketones is 1. The molecule has 0 aliphatic carbocycles. The van der Waals surface area contributed by atoms with Crippen LogP contribution >= 0.6 is 0 Å². The van der Waals surface area contributed by atoms with E-state index in [4.69, 9.17) is 0 Å². The molecule has 2 aromatic rings. The first-order valence-corrected chi connectivity index (χ1v) is 10.0. The second-order valence-corrected chi connectivity index (χ2v) is 8.46. The largest absolute Gasteiger partial charge is 0.501 e. The van der Waals surface area contributed by atoms with Crippen molar-refractivity contribution in [2.24, 2.45) is 5.92 Å². The minimum atomic E-state index is -5.48. The minimum absolute atomic E-state index is 0.0208. The highest BCUT2D eigenvalue weighted by molar-refractivity contribution is 7.92. The number of hydrogen-bond acceptors (Lipinski definition) is 4. The Morgan fingerprint density at radius 2 is 1.54 bits per heavy atom. The van der Waals surface area contributed by atoms with Crippen molar-refractivity contribution in [2.45, 2.75) is 23.2 Å². The van der Waals surface area contributed by atoms with Crippen LogP contribution in [-0.4, -0.2) is 32.8 Å². The maximum absolute atomic E-state index is 13.0. The first kappa shape index (κ1) is 20.3. The third-order valence-corrected chi connectivity index (χ3v) is 6.33. The van der Waals surface area contributed by atoms with Crippen molar-refractivity contribution in [1.82, 2.24) is 0 Å². The summed E-state index contributed by atoms with van der Waals surface area (Å²) >= 11 is 0. The van der Waals surface area contributed by atoms with E-state index in [1.54, 1.807) is 4.90 Å². The third-order valence-electron chi connectivity index (χ3n) is 4.79. The molecule has 0 saturated carbocycles. The van der Waals surface area contributed by atoms with Gasteiger partial charge in [-0.05, 0) is 49.2 Å². The van der Waals surface area contributed by atoms with Gasteiger partial charge in [0.25, 0.3) is 9.84 Å². The number of piperidine rings is 1. The third kappa shape index (κ3) is 3.89. The molecule has 3 rings (SSSR count). The highest BCUT2D eigenvalue weighted by Crippen LogP contribution is 2.37. The fraction of sp³-hybridized carbons (Fsp3) is 0.316. The van der Waals surface area contributed by atoms with E-state index in [2.05, 4.69) is 0 Å². The summed E-state index contributed by atoms with van der Waals surface area (Å²) in [5.41, 5.74) is -5.03. The van der Waals surface area contributed by atoms with Crippen molar-refractivity contribution in [3.8, 4) is 0 Å². The number of alkyl halides is 3. The van der Waals surface area contributed by atoms with E-state index in [1.807, 2.05) is 0 Å². The van der Waals surface area contributed by atoms with Gasteiger partial charge in [-0.25, -0.2) is 12.8 Å². The van der Waals surface area contributed by atoms with Gasteiger partial charge in [0.2, 0.25) is 0 Å². The van der Waals surface area contributed by atoms with Gasteiger partial charge in [-0.2, -0.15) is 13.2 Å². The second-order valence-electron chi connectivity index (χ2n) is 6.55. The maximum Gasteiger partial charge on any atom is 0.501 e. The van der Waals surface area contributed by atoms with Crippen molar-refractivity contribution in [2.75, 3.05) is 18.0 Å². The van der Waals surface area contributed by atoms with Gasteiger partial charge in [0.05, 0.1) is 10.6 Å². The molecular weight excluding hydrogens is 398 g/mol. The average molecular weight is 415 g/mol. The van der Waals surface area contributed by atoms with Crippen LogP contribution in [0.25, 0.3) is 0 Å². The Morgan fingerprint density at radius 1 is 0.964 bits per heavy atom. The van der Waals surface area contributed by atoms with Gasteiger partial charge in [0.15, 0.2) is 5.78 Å². The number of rotatable bonds is 4. The van der Waals surface area contributed by atoms with Gasteiger partial charge < -0.3 is 4.90 Å². The summed E-state index contributed by atoms with van der Waals surface area (Å²) in [4.78, 5) is 13.3. The molecule has 150 valence electrons. The number of carbonyl (C=O) groups is 1. The highest BCUT2D eigenvalue weighted by atomic mass is 32.2. The first-order chi connectivity index (χ1) is 13.1. The molecule has 9 heteroatoms. The molecule has 1 aliphatic heterocycles. The number of hydrogen-bond donors (Lipinski definition) is 0. The SMILES string of the molecule is O=C(c1ccc(F)cc1)C1CCN(c2ccccc2S(=O)(=O)C(F)(F)F)CC1. The Bertz CT molecular complexity index is 963. The number of para-hydroxylation sites is 1.